The average Bonchev–Trinajstić information content (AvgIpc) is 2.89. The van der Waals surface area contributed by atoms with E-state index in [2.05, 4.69) is 0 Å². The number of hydrogen-bond acceptors (Lipinski definition) is 3. The van der Waals surface area contributed by atoms with Gasteiger partial charge in [-0.15, -0.1) is 0 Å². The van der Waals surface area contributed by atoms with Crippen molar-refractivity contribution in [3.05, 3.63) is 71.8 Å². The second-order valence-electron chi connectivity index (χ2n) is 4.94. The molecule has 1 aliphatic heterocycles. The minimum Gasteiger partial charge on any atom is -0.497 e. The van der Waals surface area contributed by atoms with Crippen LogP contribution in [0.2, 0.25) is 0 Å². The number of esters is 1. The third-order valence-corrected chi connectivity index (χ3v) is 3.57. The van der Waals surface area contributed by atoms with Gasteiger partial charge in [-0.2, -0.15) is 0 Å². The molecule has 21 heavy (non-hydrogen) atoms. The molecule has 2 aromatic carbocycles. The molecule has 0 amide bonds. The van der Waals surface area contributed by atoms with Crippen molar-refractivity contribution >= 4 is 11.5 Å². The van der Waals surface area contributed by atoms with Crippen molar-refractivity contribution in [3.63, 3.8) is 0 Å². The molecule has 2 aromatic rings. The Balaban J connectivity index is 1.84. The van der Waals surface area contributed by atoms with Crippen LogP contribution in [0.1, 0.15) is 11.1 Å². The zero-order valence-electron chi connectivity index (χ0n) is 11.8. The molecule has 0 bridgehead atoms. The molecule has 3 rings (SSSR count). The summed E-state index contributed by atoms with van der Waals surface area (Å²) < 4.78 is 10.6. The molecule has 1 unspecified atom stereocenters. The van der Waals surface area contributed by atoms with Gasteiger partial charge in [-0.3, -0.25) is 0 Å². The maximum Gasteiger partial charge on any atom is 0.331 e. The lowest BCUT2D eigenvalue weighted by Gasteiger charge is -2.15. The molecule has 1 aliphatic rings. The highest BCUT2D eigenvalue weighted by atomic mass is 16.5. The summed E-state index contributed by atoms with van der Waals surface area (Å²) in [4.78, 5) is 11.6. The fourth-order valence-corrected chi connectivity index (χ4v) is 2.49. The van der Waals surface area contributed by atoms with Crippen molar-refractivity contribution in [2.75, 3.05) is 7.11 Å². The Bertz CT molecular complexity index is 657. The lowest BCUT2D eigenvalue weighted by atomic mass is 9.96. The van der Waals surface area contributed by atoms with Crippen LogP contribution in [0.25, 0.3) is 5.57 Å². The minimum absolute atomic E-state index is 0.228. The number of hydrogen-bond donors (Lipinski definition) is 0. The molecule has 0 saturated heterocycles. The first kappa shape index (κ1) is 13.4. The fourth-order valence-electron chi connectivity index (χ4n) is 2.49. The van der Waals surface area contributed by atoms with Gasteiger partial charge >= 0.3 is 5.97 Å². The summed E-state index contributed by atoms with van der Waals surface area (Å²) >= 11 is 0. The first-order chi connectivity index (χ1) is 10.3. The van der Waals surface area contributed by atoms with E-state index in [1.807, 2.05) is 54.6 Å². The summed E-state index contributed by atoms with van der Waals surface area (Å²) in [6.07, 6.45) is 2.04. The average molecular weight is 280 g/mol. The van der Waals surface area contributed by atoms with Crippen molar-refractivity contribution in [1.82, 2.24) is 0 Å². The topological polar surface area (TPSA) is 35.5 Å². The van der Waals surface area contributed by atoms with Crippen molar-refractivity contribution < 1.29 is 14.3 Å². The van der Waals surface area contributed by atoms with Gasteiger partial charge in [-0.1, -0.05) is 42.5 Å². The Hall–Kier alpha value is -2.55. The van der Waals surface area contributed by atoms with E-state index in [1.54, 1.807) is 13.2 Å². The molecule has 0 aromatic heterocycles. The first-order valence-corrected chi connectivity index (χ1v) is 6.87. The number of carbonyl (C=O) groups excluding carboxylic acids is 1. The molecular weight excluding hydrogens is 264 g/mol. The molecule has 0 spiro atoms. The summed E-state index contributed by atoms with van der Waals surface area (Å²) in [5, 5.41) is 0. The van der Waals surface area contributed by atoms with Gasteiger partial charge in [-0.25, -0.2) is 4.79 Å². The van der Waals surface area contributed by atoms with E-state index in [1.165, 1.54) is 0 Å². The van der Waals surface area contributed by atoms with Crippen molar-refractivity contribution in [1.29, 1.82) is 0 Å². The highest BCUT2D eigenvalue weighted by molar-refractivity contribution is 5.97. The zero-order valence-corrected chi connectivity index (χ0v) is 11.8. The number of ether oxygens (including phenoxy) is 2. The number of methoxy groups -OCH3 is 1. The van der Waals surface area contributed by atoms with Gasteiger partial charge in [0.05, 0.1) is 7.11 Å². The number of carbonyl (C=O) groups is 1. The summed E-state index contributed by atoms with van der Waals surface area (Å²) in [5.74, 6) is 0.519. The highest BCUT2D eigenvalue weighted by Crippen LogP contribution is 2.29. The molecule has 106 valence electrons. The van der Waals surface area contributed by atoms with Gasteiger partial charge in [0.25, 0.3) is 0 Å². The van der Waals surface area contributed by atoms with Gasteiger partial charge in [-0.05, 0) is 23.3 Å². The molecule has 0 saturated carbocycles. The third-order valence-electron chi connectivity index (χ3n) is 3.57. The maximum atomic E-state index is 11.6. The van der Waals surface area contributed by atoms with Crippen LogP contribution in [-0.4, -0.2) is 19.2 Å². The monoisotopic (exact) mass is 280 g/mol. The first-order valence-electron chi connectivity index (χ1n) is 6.87. The van der Waals surface area contributed by atoms with Crippen molar-refractivity contribution in [2.24, 2.45) is 0 Å². The molecule has 0 radical (unpaired) electrons. The Labute approximate surface area is 123 Å². The molecule has 0 fully saturated rings. The number of cyclic esters (lactones) is 1. The quantitative estimate of drug-likeness (QED) is 0.806. The Morgan fingerprint density at radius 3 is 2.43 bits per heavy atom. The third kappa shape index (κ3) is 2.97. The summed E-state index contributed by atoms with van der Waals surface area (Å²) in [5.41, 5.74) is 3.06. The molecule has 3 nitrogen and oxygen atoms in total. The van der Waals surface area contributed by atoms with Gasteiger partial charge in [0.2, 0.25) is 0 Å². The van der Waals surface area contributed by atoms with Gasteiger partial charge in [0.1, 0.15) is 11.9 Å². The lowest BCUT2D eigenvalue weighted by molar-refractivity contribution is -0.138. The molecule has 3 heteroatoms. The maximum absolute atomic E-state index is 11.6. The molecule has 1 heterocycles. The van der Waals surface area contributed by atoms with E-state index in [0.29, 0.717) is 6.42 Å². The van der Waals surface area contributed by atoms with Crippen LogP contribution >= 0.6 is 0 Å². The number of benzene rings is 2. The number of rotatable bonds is 4. The van der Waals surface area contributed by atoms with E-state index < -0.39 is 0 Å². The largest absolute Gasteiger partial charge is 0.497 e. The van der Waals surface area contributed by atoms with Crippen LogP contribution in [-0.2, 0) is 16.0 Å². The van der Waals surface area contributed by atoms with Crippen LogP contribution in [0.3, 0.4) is 0 Å². The van der Waals surface area contributed by atoms with E-state index >= 15 is 0 Å². The van der Waals surface area contributed by atoms with Crippen LogP contribution < -0.4 is 4.74 Å². The van der Waals surface area contributed by atoms with Crippen molar-refractivity contribution in [2.45, 2.75) is 12.5 Å². The Morgan fingerprint density at radius 2 is 1.76 bits per heavy atom. The predicted octanol–water partition coefficient (Wildman–Crippen LogP) is 3.25. The summed E-state index contributed by atoms with van der Waals surface area (Å²) in [6, 6.07) is 17.7. The van der Waals surface area contributed by atoms with E-state index in [0.717, 1.165) is 22.4 Å². The lowest BCUT2D eigenvalue weighted by Crippen LogP contribution is -2.14. The Morgan fingerprint density at radius 1 is 1.05 bits per heavy atom. The van der Waals surface area contributed by atoms with E-state index in [4.69, 9.17) is 9.47 Å². The molecule has 0 N–H and O–H groups in total. The normalized spacial score (nSPS) is 17.3. The van der Waals surface area contributed by atoms with Gasteiger partial charge in [0, 0.05) is 18.1 Å². The molecule has 0 aliphatic carbocycles. The SMILES string of the molecule is COc1ccc(C2=CC(=O)OC2Cc2ccccc2)cc1. The van der Waals surface area contributed by atoms with Crippen molar-refractivity contribution in [3.8, 4) is 5.75 Å². The molecule has 1 atom stereocenters. The van der Waals surface area contributed by atoms with Gasteiger partial charge < -0.3 is 9.47 Å². The Kier molecular flexibility index (Phi) is 3.73. The predicted molar refractivity (Wildman–Crippen MR) is 81.0 cm³/mol. The van der Waals surface area contributed by atoms with Crippen LogP contribution in [0, 0.1) is 0 Å². The highest BCUT2D eigenvalue weighted by Gasteiger charge is 2.27. The summed E-state index contributed by atoms with van der Waals surface area (Å²) in [7, 11) is 1.63. The van der Waals surface area contributed by atoms with Gasteiger partial charge in [0.15, 0.2) is 0 Å². The van der Waals surface area contributed by atoms with E-state index in [9.17, 15) is 4.79 Å². The zero-order chi connectivity index (χ0) is 14.7. The van der Waals surface area contributed by atoms with Crippen LogP contribution in [0.15, 0.2) is 60.7 Å². The summed E-state index contributed by atoms with van der Waals surface area (Å²) in [6.45, 7) is 0. The smallest absolute Gasteiger partial charge is 0.331 e. The fraction of sp³-hybridized carbons (Fsp3) is 0.167. The second kappa shape index (κ2) is 5.83. The van der Waals surface area contributed by atoms with Crippen LogP contribution in [0.4, 0.5) is 0 Å². The molecular formula is C18H16O3. The standard InChI is InChI=1S/C18H16O3/c1-20-15-9-7-14(8-10-15)16-12-18(19)21-17(16)11-13-5-3-2-4-6-13/h2-10,12,17H,11H2,1H3. The van der Waals surface area contributed by atoms with E-state index in [-0.39, 0.29) is 12.1 Å². The van der Waals surface area contributed by atoms with Crippen LogP contribution in [0.5, 0.6) is 5.75 Å². The second-order valence-corrected chi connectivity index (χ2v) is 4.94. The minimum atomic E-state index is -0.276.